The first kappa shape index (κ1) is 16.4. The molecular formula is C22H15N5. The molecule has 0 fully saturated rings. The number of hydrogen-bond acceptors (Lipinski definition) is 5. The molecule has 0 saturated heterocycles. The van der Waals surface area contributed by atoms with Crippen molar-refractivity contribution in [2.75, 3.05) is 5.32 Å². The quantitative estimate of drug-likeness (QED) is 0.525. The summed E-state index contributed by atoms with van der Waals surface area (Å²) in [7, 11) is 0. The lowest BCUT2D eigenvalue weighted by atomic mass is 10.0. The number of nitrogens with zero attached hydrogens (tertiary/aromatic N) is 3. The van der Waals surface area contributed by atoms with Crippen molar-refractivity contribution >= 4 is 28.1 Å². The molecule has 5 nitrogen and oxygen atoms in total. The van der Waals surface area contributed by atoms with Crippen LogP contribution in [0.5, 0.6) is 0 Å². The predicted octanol–water partition coefficient (Wildman–Crippen LogP) is 4.66. The maximum Gasteiger partial charge on any atom is 0.227 e. The fourth-order valence-corrected chi connectivity index (χ4v) is 2.81. The molecule has 0 saturated carbocycles. The van der Waals surface area contributed by atoms with Gasteiger partial charge in [-0.25, -0.2) is 9.97 Å². The van der Waals surface area contributed by atoms with E-state index in [0.29, 0.717) is 22.9 Å². The van der Waals surface area contributed by atoms with Crippen molar-refractivity contribution in [3.63, 3.8) is 0 Å². The molecule has 2 N–H and O–H groups in total. The van der Waals surface area contributed by atoms with Gasteiger partial charge in [-0.15, -0.1) is 0 Å². The van der Waals surface area contributed by atoms with Crippen LogP contribution in [0.1, 0.15) is 16.8 Å². The van der Waals surface area contributed by atoms with Gasteiger partial charge in [-0.2, -0.15) is 5.26 Å². The molecule has 1 aromatic heterocycles. The van der Waals surface area contributed by atoms with Crippen LogP contribution in [0, 0.1) is 16.7 Å². The van der Waals surface area contributed by atoms with Gasteiger partial charge in [0.15, 0.2) is 0 Å². The molecule has 3 aromatic carbocycles. The zero-order chi connectivity index (χ0) is 18.6. The van der Waals surface area contributed by atoms with E-state index in [4.69, 9.17) is 10.7 Å². The summed E-state index contributed by atoms with van der Waals surface area (Å²) in [6.45, 7) is 0. The van der Waals surface area contributed by atoms with Crippen LogP contribution in [0.4, 0.5) is 11.6 Å². The van der Waals surface area contributed by atoms with Gasteiger partial charge in [0.2, 0.25) is 5.95 Å². The molecule has 0 spiro atoms. The third kappa shape index (κ3) is 3.51. The first-order valence-electron chi connectivity index (χ1n) is 8.41. The first-order valence-corrected chi connectivity index (χ1v) is 8.41. The standard InChI is InChI=1S/C22H15N5/c23-14-15-5-9-19(10-6-15)26-22-25-12-11-20(27-22)21(24)18-8-7-16-3-1-2-4-17(16)13-18/h1-13,24H,(H,25,26,27). The Balaban J connectivity index is 1.60. The molecule has 0 amide bonds. The Morgan fingerprint density at radius 2 is 1.70 bits per heavy atom. The van der Waals surface area contributed by atoms with E-state index in [1.807, 2.05) is 42.5 Å². The van der Waals surface area contributed by atoms with Gasteiger partial charge in [-0.3, -0.25) is 5.41 Å². The van der Waals surface area contributed by atoms with E-state index in [0.717, 1.165) is 22.0 Å². The minimum Gasteiger partial charge on any atom is -0.324 e. The van der Waals surface area contributed by atoms with Gasteiger partial charge in [0.25, 0.3) is 0 Å². The summed E-state index contributed by atoms with van der Waals surface area (Å²) in [5, 5.41) is 22.7. The Morgan fingerprint density at radius 1 is 0.926 bits per heavy atom. The molecule has 0 aliphatic heterocycles. The molecule has 0 aliphatic rings. The molecule has 0 bridgehead atoms. The van der Waals surface area contributed by atoms with Crippen LogP contribution in [0.25, 0.3) is 10.8 Å². The van der Waals surface area contributed by atoms with Gasteiger partial charge in [0.1, 0.15) is 0 Å². The van der Waals surface area contributed by atoms with Crippen molar-refractivity contribution in [3.05, 3.63) is 95.8 Å². The molecule has 0 radical (unpaired) electrons. The Kier molecular flexibility index (Phi) is 4.30. The van der Waals surface area contributed by atoms with Crippen molar-refractivity contribution in [2.24, 2.45) is 0 Å². The van der Waals surface area contributed by atoms with Gasteiger partial charge in [-0.1, -0.05) is 36.4 Å². The third-order valence-corrected chi connectivity index (χ3v) is 4.22. The molecule has 1 heterocycles. The highest BCUT2D eigenvalue weighted by Gasteiger charge is 2.09. The highest BCUT2D eigenvalue weighted by atomic mass is 15.1. The normalized spacial score (nSPS) is 10.3. The molecule has 4 rings (SSSR count). The number of aromatic nitrogens is 2. The Morgan fingerprint density at radius 3 is 2.48 bits per heavy atom. The van der Waals surface area contributed by atoms with E-state index < -0.39 is 0 Å². The van der Waals surface area contributed by atoms with Gasteiger partial charge in [-0.05, 0) is 47.2 Å². The summed E-state index contributed by atoms with van der Waals surface area (Å²) >= 11 is 0. The van der Waals surface area contributed by atoms with Crippen molar-refractivity contribution in [1.29, 1.82) is 10.7 Å². The van der Waals surface area contributed by atoms with E-state index in [9.17, 15) is 0 Å². The zero-order valence-corrected chi connectivity index (χ0v) is 14.3. The summed E-state index contributed by atoms with van der Waals surface area (Å²) in [5.74, 6) is 0.405. The number of benzene rings is 3. The summed E-state index contributed by atoms with van der Waals surface area (Å²) in [5.41, 5.74) is 3.05. The van der Waals surface area contributed by atoms with Gasteiger partial charge in [0, 0.05) is 17.4 Å². The molecule has 128 valence electrons. The van der Waals surface area contributed by atoms with Crippen LogP contribution in [0.3, 0.4) is 0 Å². The fraction of sp³-hybridized carbons (Fsp3) is 0. The van der Waals surface area contributed by atoms with E-state index >= 15 is 0 Å². The Hall–Kier alpha value is -4.04. The van der Waals surface area contributed by atoms with Crippen molar-refractivity contribution in [3.8, 4) is 6.07 Å². The van der Waals surface area contributed by atoms with Crippen LogP contribution in [-0.2, 0) is 0 Å². The average molecular weight is 349 g/mol. The van der Waals surface area contributed by atoms with Gasteiger partial charge in [0.05, 0.1) is 23.0 Å². The summed E-state index contributed by atoms with van der Waals surface area (Å²) in [6.07, 6.45) is 1.63. The second-order valence-electron chi connectivity index (χ2n) is 6.02. The summed E-state index contributed by atoms with van der Waals surface area (Å²) < 4.78 is 0. The third-order valence-electron chi connectivity index (χ3n) is 4.22. The number of anilines is 2. The molecule has 5 heteroatoms. The minimum atomic E-state index is 0.339. The van der Waals surface area contributed by atoms with Crippen molar-refractivity contribution < 1.29 is 0 Å². The average Bonchev–Trinajstić information content (AvgIpc) is 2.73. The van der Waals surface area contributed by atoms with Crippen LogP contribution >= 0.6 is 0 Å². The summed E-state index contributed by atoms with van der Waals surface area (Å²) in [4.78, 5) is 8.67. The van der Waals surface area contributed by atoms with Gasteiger partial charge < -0.3 is 5.32 Å². The maximum atomic E-state index is 8.87. The number of hydrogen-bond donors (Lipinski definition) is 2. The van der Waals surface area contributed by atoms with Crippen molar-refractivity contribution in [2.45, 2.75) is 0 Å². The number of rotatable bonds is 4. The van der Waals surface area contributed by atoms with E-state index in [2.05, 4.69) is 21.4 Å². The van der Waals surface area contributed by atoms with Crippen LogP contribution in [-0.4, -0.2) is 15.7 Å². The lowest BCUT2D eigenvalue weighted by Crippen LogP contribution is -2.07. The minimum absolute atomic E-state index is 0.339. The highest BCUT2D eigenvalue weighted by molar-refractivity contribution is 6.11. The zero-order valence-electron chi connectivity index (χ0n) is 14.3. The molecule has 0 aliphatic carbocycles. The van der Waals surface area contributed by atoms with Crippen LogP contribution in [0.15, 0.2) is 79.0 Å². The van der Waals surface area contributed by atoms with E-state index in [1.54, 1.807) is 36.5 Å². The SMILES string of the molecule is N#Cc1ccc(Nc2nccc(C(=N)c3ccc4ccccc4c3)n2)cc1. The molecule has 0 unspecified atom stereocenters. The molecule has 27 heavy (non-hydrogen) atoms. The smallest absolute Gasteiger partial charge is 0.227 e. The molecular weight excluding hydrogens is 334 g/mol. The monoisotopic (exact) mass is 349 g/mol. The van der Waals surface area contributed by atoms with Gasteiger partial charge >= 0.3 is 0 Å². The number of fused-ring (bicyclic) bond motifs is 1. The number of nitrogens with one attached hydrogen (secondary N) is 2. The largest absolute Gasteiger partial charge is 0.324 e. The maximum absolute atomic E-state index is 8.87. The van der Waals surface area contributed by atoms with E-state index in [-0.39, 0.29) is 0 Å². The van der Waals surface area contributed by atoms with E-state index in [1.165, 1.54) is 0 Å². The number of nitriles is 1. The predicted molar refractivity (Wildman–Crippen MR) is 106 cm³/mol. The summed E-state index contributed by atoms with van der Waals surface area (Å²) in [6, 6.07) is 24.9. The second-order valence-corrected chi connectivity index (χ2v) is 6.02. The second kappa shape index (κ2) is 7.06. The Bertz CT molecular complexity index is 1170. The topological polar surface area (TPSA) is 85.5 Å². The van der Waals surface area contributed by atoms with Crippen molar-refractivity contribution in [1.82, 2.24) is 9.97 Å². The molecule has 0 atom stereocenters. The fourth-order valence-electron chi connectivity index (χ4n) is 2.81. The van der Waals surface area contributed by atoms with Crippen LogP contribution in [0.2, 0.25) is 0 Å². The highest BCUT2D eigenvalue weighted by Crippen LogP contribution is 2.19. The lowest BCUT2D eigenvalue weighted by molar-refractivity contribution is 1.14. The first-order chi connectivity index (χ1) is 13.2. The molecule has 4 aromatic rings. The van der Waals surface area contributed by atoms with Crippen LogP contribution < -0.4 is 5.32 Å². The Labute approximate surface area is 156 Å². The lowest BCUT2D eigenvalue weighted by Gasteiger charge is -2.08.